The highest BCUT2D eigenvalue weighted by atomic mass is 79.9. The Morgan fingerprint density at radius 1 is 0.935 bits per heavy atom. The van der Waals surface area contributed by atoms with Crippen molar-refractivity contribution >= 4 is 50.4 Å². The average Bonchev–Trinajstić information content (AvgIpc) is 3.45. The topological polar surface area (TPSA) is 109 Å². The molecule has 0 spiro atoms. The molecular weight excluding hydrogens is 482 g/mol. The number of amides is 2. The molecule has 154 valence electrons. The van der Waals surface area contributed by atoms with Crippen LogP contribution in [0.1, 0.15) is 5.76 Å². The van der Waals surface area contributed by atoms with Crippen molar-refractivity contribution in [3.8, 4) is 21.9 Å². The zero-order chi connectivity index (χ0) is 21.6. The first-order valence-corrected chi connectivity index (χ1v) is 10.6. The molecule has 0 atom stereocenters. The number of furan rings is 1. The normalized spacial score (nSPS) is 10.9. The number of benzene rings is 2. The highest BCUT2D eigenvalue weighted by molar-refractivity contribution is 9.10. The van der Waals surface area contributed by atoms with Gasteiger partial charge in [0.05, 0.1) is 6.21 Å². The predicted molar refractivity (Wildman–Crippen MR) is 122 cm³/mol. The minimum atomic E-state index is -0.938. The van der Waals surface area contributed by atoms with Gasteiger partial charge in [-0.25, -0.2) is 5.43 Å². The molecule has 2 N–H and O–H groups in total. The van der Waals surface area contributed by atoms with Crippen LogP contribution in [-0.4, -0.2) is 28.2 Å². The molecule has 0 bridgehead atoms. The Hall–Kier alpha value is -3.63. The largest absolute Gasteiger partial charge is 0.455 e. The molecule has 0 unspecified atom stereocenters. The van der Waals surface area contributed by atoms with E-state index >= 15 is 0 Å². The van der Waals surface area contributed by atoms with E-state index in [-0.39, 0.29) is 5.13 Å². The number of halogens is 1. The first kappa shape index (κ1) is 20.6. The lowest BCUT2D eigenvalue weighted by molar-refractivity contribution is -0.136. The highest BCUT2D eigenvalue weighted by Gasteiger charge is 2.16. The first-order chi connectivity index (χ1) is 15.1. The molecule has 0 radical (unpaired) electrons. The van der Waals surface area contributed by atoms with Gasteiger partial charge in [-0.1, -0.05) is 69.7 Å². The summed E-state index contributed by atoms with van der Waals surface area (Å²) < 4.78 is 6.63. The molecule has 0 fully saturated rings. The third kappa shape index (κ3) is 5.30. The van der Waals surface area contributed by atoms with E-state index in [1.807, 2.05) is 54.6 Å². The second-order valence-corrected chi connectivity index (χ2v) is 8.03. The molecule has 0 aliphatic rings. The van der Waals surface area contributed by atoms with Gasteiger partial charge in [-0.3, -0.25) is 14.9 Å². The Balaban J connectivity index is 1.31. The minimum Gasteiger partial charge on any atom is -0.455 e. The SMILES string of the molecule is O=C(N/N=C/c1ccc(-c2ccc(Br)cc2)o1)C(=O)Nc1nnc(-c2ccccc2)s1. The van der Waals surface area contributed by atoms with Crippen LogP contribution in [-0.2, 0) is 9.59 Å². The molecule has 2 heterocycles. The number of carbonyl (C=O) groups excluding carboxylic acids is 2. The third-order valence-corrected chi connectivity index (χ3v) is 5.40. The molecule has 4 aromatic rings. The number of hydrogen-bond donors (Lipinski definition) is 2. The average molecular weight is 496 g/mol. The van der Waals surface area contributed by atoms with E-state index in [4.69, 9.17) is 4.42 Å². The fourth-order valence-electron chi connectivity index (χ4n) is 2.52. The number of aromatic nitrogens is 2. The maximum atomic E-state index is 12.0. The lowest BCUT2D eigenvalue weighted by Gasteiger charge is -1.99. The van der Waals surface area contributed by atoms with E-state index in [0.29, 0.717) is 16.5 Å². The van der Waals surface area contributed by atoms with Crippen LogP contribution in [0, 0.1) is 0 Å². The van der Waals surface area contributed by atoms with Crippen molar-refractivity contribution in [1.82, 2.24) is 15.6 Å². The summed E-state index contributed by atoms with van der Waals surface area (Å²) in [5, 5.41) is 14.9. The fourth-order valence-corrected chi connectivity index (χ4v) is 3.53. The Bertz CT molecular complexity index is 1240. The molecule has 0 saturated heterocycles. The van der Waals surface area contributed by atoms with Crippen molar-refractivity contribution in [3.05, 3.63) is 77.0 Å². The number of nitrogens with one attached hydrogen (secondary N) is 2. The summed E-state index contributed by atoms with van der Waals surface area (Å²) in [5.74, 6) is -0.755. The zero-order valence-corrected chi connectivity index (χ0v) is 18.2. The van der Waals surface area contributed by atoms with Crippen LogP contribution >= 0.6 is 27.3 Å². The van der Waals surface area contributed by atoms with Crippen molar-refractivity contribution in [2.45, 2.75) is 0 Å². The smallest absolute Gasteiger partial charge is 0.329 e. The van der Waals surface area contributed by atoms with E-state index in [1.54, 1.807) is 12.1 Å². The van der Waals surface area contributed by atoms with Gasteiger partial charge >= 0.3 is 11.8 Å². The first-order valence-electron chi connectivity index (χ1n) is 8.97. The van der Waals surface area contributed by atoms with Gasteiger partial charge in [-0.05, 0) is 24.3 Å². The summed E-state index contributed by atoms with van der Waals surface area (Å²) in [4.78, 5) is 24.0. The molecule has 2 amide bonds. The lowest BCUT2D eigenvalue weighted by atomic mass is 10.2. The Kier molecular flexibility index (Phi) is 6.29. The summed E-state index contributed by atoms with van der Waals surface area (Å²) in [7, 11) is 0. The van der Waals surface area contributed by atoms with E-state index < -0.39 is 11.8 Å². The second kappa shape index (κ2) is 9.45. The summed E-state index contributed by atoms with van der Waals surface area (Å²) in [6, 6.07) is 20.5. The Morgan fingerprint density at radius 2 is 1.71 bits per heavy atom. The van der Waals surface area contributed by atoms with Crippen molar-refractivity contribution in [1.29, 1.82) is 0 Å². The second-order valence-electron chi connectivity index (χ2n) is 6.14. The van der Waals surface area contributed by atoms with Gasteiger partial charge in [0, 0.05) is 15.6 Å². The summed E-state index contributed by atoms with van der Waals surface area (Å²) in [5.41, 5.74) is 3.93. The van der Waals surface area contributed by atoms with Crippen molar-refractivity contribution in [3.63, 3.8) is 0 Å². The van der Waals surface area contributed by atoms with Gasteiger partial charge in [0.1, 0.15) is 16.5 Å². The summed E-state index contributed by atoms with van der Waals surface area (Å²) >= 11 is 4.55. The molecular formula is C21H14BrN5O3S. The molecule has 0 aliphatic heterocycles. The maximum absolute atomic E-state index is 12.0. The molecule has 2 aromatic carbocycles. The zero-order valence-electron chi connectivity index (χ0n) is 15.8. The van der Waals surface area contributed by atoms with Gasteiger partial charge in [-0.15, -0.1) is 10.2 Å². The third-order valence-electron chi connectivity index (χ3n) is 3.99. The van der Waals surface area contributed by atoms with Crippen molar-refractivity contribution in [2.24, 2.45) is 5.10 Å². The van der Waals surface area contributed by atoms with Crippen molar-refractivity contribution < 1.29 is 14.0 Å². The number of carbonyl (C=O) groups is 2. The van der Waals surface area contributed by atoms with Crippen molar-refractivity contribution in [2.75, 3.05) is 5.32 Å². The number of hydrazone groups is 1. The molecule has 0 aliphatic carbocycles. The van der Waals surface area contributed by atoms with Crippen LogP contribution in [0.15, 0.2) is 80.7 Å². The van der Waals surface area contributed by atoms with Crippen LogP contribution in [0.5, 0.6) is 0 Å². The van der Waals surface area contributed by atoms with E-state index in [2.05, 4.69) is 42.0 Å². The standard InChI is InChI=1S/C21H14BrN5O3S/c22-15-8-6-13(7-9-15)17-11-10-16(30-17)12-23-25-19(29)18(28)24-21-27-26-20(31-21)14-4-2-1-3-5-14/h1-12H,(H,25,29)(H,24,27,28)/b23-12+. The molecule has 10 heteroatoms. The maximum Gasteiger partial charge on any atom is 0.329 e. The molecule has 31 heavy (non-hydrogen) atoms. The van der Waals surface area contributed by atoms with Gasteiger partial charge in [0.15, 0.2) is 0 Å². The number of hydrogen-bond acceptors (Lipinski definition) is 7. The predicted octanol–water partition coefficient (Wildman–Crippen LogP) is 4.32. The quantitative estimate of drug-likeness (QED) is 0.243. The van der Waals surface area contributed by atoms with Crippen LogP contribution in [0.3, 0.4) is 0 Å². The van der Waals surface area contributed by atoms with E-state index in [0.717, 1.165) is 26.9 Å². The lowest BCUT2D eigenvalue weighted by Crippen LogP contribution is -2.32. The fraction of sp³-hybridized carbons (Fsp3) is 0. The van der Waals surface area contributed by atoms with E-state index in [1.165, 1.54) is 6.21 Å². The summed E-state index contributed by atoms with van der Waals surface area (Å²) in [6.45, 7) is 0. The van der Waals surface area contributed by atoms with E-state index in [9.17, 15) is 9.59 Å². The van der Waals surface area contributed by atoms with Gasteiger partial charge in [0.25, 0.3) is 0 Å². The van der Waals surface area contributed by atoms with Gasteiger partial charge in [-0.2, -0.15) is 5.10 Å². The van der Waals surface area contributed by atoms with Crippen LogP contribution in [0.25, 0.3) is 21.9 Å². The van der Waals surface area contributed by atoms with Crippen LogP contribution < -0.4 is 10.7 Å². The highest BCUT2D eigenvalue weighted by Crippen LogP contribution is 2.26. The van der Waals surface area contributed by atoms with Crippen LogP contribution in [0.4, 0.5) is 5.13 Å². The number of rotatable bonds is 5. The Labute approximate surface area is 189 Å². The molecule has 2 aromatic heterocycles. The van der Waals surface area contributed by atoms with Crippen LogP contribution in [0.2, 0.25) is 0 Å². The van der Waals surface area contributed by atoms with Gasteiger partial charge < -0.3 is 4.42 Å². The molecule has 0 saturated carbocycles. The number of nitrogens with zero attached hydrogens (tertiary/aromatic N) is 3. The monoisotopic (exact) mass is 495 g/mol. The Morgan fingerprint density at radius 3 is 2.48 bits per heavy atom. The van der Waals surface area contributed by atoms with Gasteiger partial charge in [0.2, 0.25) is 5.13 Å². The minimum absolute atomic E-state index is 0.216. The molecule has 4 rings (SSSR count). The molecule has 8 nitrogen and oxygen atoms in total. The summed E-state index contributed by atoms with van der Waals surface area (Å²) in [6.07, 6.45) is 1.31. The number of anilines is 1.